The Balaban J connectivity index is 1.84. The molecule has 30 heavy (non-hydrogen) atoms. The van der Waals surface area contributed by atoms with Gasteiger partial charge in [0, 0.05) is 12.6 Å². The smallest absolute Gasteiger partial charge is 0.335 e. The SMILES string of the molecule is Cc1ccc2c(c1)NS(=O)(=O)c1cc(C(=O)O)ccc1OCCCC1CCCCN21. The number of nitrogens with one attached hydrogen (secondary N) is 1. The molecule has 2 aliphatic rings. The first-order valence-electron chi connectivity index (χ1n) is 10.3. The third-order valence-corrected chi connectivity index (χ3v) is 7.14. The van der Waals surface area contributed by atoms with E-state index in [-0.39, 0.29) is 16.2 Å². The number of sulfonamides is 1. The predicted molar refractivity (Wildman–Crippen MR) is 115 cm³/mol. The minimum absolute atomic E-state index is 0.102. The van der Waals surface area contributed by atoms with Crippen LogP contribution in [0.2, 0.25) is 0 Å². The molecule has 2 aliphatic heterocycles. The van der Waals surface area contributed by atoms with Gasteiger partial charge >= 0.3 is 5.97 Å². The third kappa shape index (κ3) is 4.09. The molecular weight excluding hydrogens is 404 g/mol. The minimum atomic E-state index is -4.06. The summed E-state index contributed by atoms with van der Waals surface area (Å²) in [6, 6.07) is 10.1. The van der Waals surface area contributed by atoms with E-state index in [1.807, 2.05) is 25.1 Å². The van der Waals surface area contributed by atoms with Crippen molar-refractivity contribution in [2.24, 2.45) is 0 Å². The van der Waals surface area contributed by atoms with Crippen LogP contribution in [0.5, 0.6) is 5.75 Å². The summed E-state index contributed by atoms with van der Waals surface area (Å²) in [6.45, 7) is 3.17. The van der Waals surface area contributed by atoms with E-state index in [0.29, 0.717) is 18.3 Å². The van der Waals surface area contributed by atoms with E-state index in [4.69, 9.17) is 4.74 Å². The molecule has 0 amide bonds. The number of carbonyl (C=O) groups is 1. The van der Waals surface area contributed by atoms with Gasteiger partial charge in [0.1, 0.15) is 10.6 Å². The minimum Gasteiger partial charge on any atom is -0.492 e. The number of carboxylic acids is 1. The first kappa shape index (κ1) is 20.5. The number of hydrogen-bond acceptors (Lipinski definition) is 5. The first-order valence-corrected chi connectivity index (χ1v) is 11.7. The summed E-state index contributed by atoms with van der Waals surface area (Å²) in [6.07, 6.45) is 5.03. The number of ether oxygens (including phenoxy) is 1. The van der Waals surface area contributed by atoms with E-state index < -0.39 is 16.0 Å². The number of benzene rings is 2. The first-order chi connectivity index (χ1) is 14.3. The van der Waals surface area contributed by atoms with E-state index in [1.54, 1.807) is 0 Å². The molecule has 1 fully saturated rings. The standard InChI is InChI=1S/C22H26N2O5S/c1-15-7-9-19-18(13-15)23-30(27,28)21-14-16(22(25)26)8-10-20(21)29-12-4-6-17-5-2-3-11-24(17)19/h7-10,13-14,17,23H,2-6,11-12H2,1H3,(H,25,26). The van der Waals surface area contributed by atoms with Crippen LogP contribution in [-0.2, 0) is 10.0 Å². The maximum absolute atomic E-state index is 13.3. The molecular formula is C22H26N2O5S. The van der Waals surface area contributed by atoms with Crippen LogP contribution < -0.4 is 14.4 Å². The van der Waals surface area contributed by atoms with E-state index in [1.165, 1.54) is 12.1 Å². The molecule has 2 aromatic rings. The van der Waals surface area contributed by atoms with Gasteiger partial charge < -0.3 is 14.7 Å². The lowest BCUT2D eigenvalue weighted by Crippen LogP contribution is -2.40. The number of rotatable bonds is 1. The molecule has 2 aromatic carbocycles. The van der Waals surface area contributed by atoms with Crippen LogP contribution in [0.15, 0.2) is 41.3 Å². The summed E-state index contributed by atoms with van der Waals surface area (Å²) in [5, 5.41) is 9.33. The second-order valence-corrected chi connectivity index (χ2v) is 9.58. The fraction of sp³-hybridized carbons (Fsp3) is 0.409. The summed E-state index contributed by atoms with van der Waals surface area (Å²) in [5.74, 6) is -1.02. The van der Waals surface area contributed by atoms with Gasteiger partial charge in [-0.15, -0.1) is 0 Å². The highest BCUT2D eigenvalue weighted by atomic mass is 32.2. The summed E-state index contributed by atoms with van der Waals surface area (Å²) in [4.78, 5) is 13.6. The largest absolute Gasteiger partial charge is 0.492 e. The normalized spacial score (nSPS) is 20.8. The average Bonchev–Trinajstić information content (AvgIpc) is 2.71. The van der Waals surface area contributed by atoms with E-state index in [9.17, 15) is 18.3 Å². The van der Waals surface area contributed by atoms with Crippen molar-refractivity contribution in [2.45, 2.75) is 50.0 Å². The van der Waals surface area contributed by atoms with Gasteiger partial charge in [0.2, 0.25) is 0 Å². The zero-order chi connectivity index (χ0) is 21.3. The van der Waals surface area contributed by atoms with Crippen LogP contribution in [0.1, 0.15) is 48.0 Å². The number of fused-ring (bicyclic) bond motifs is 4. The number of carboxylic acid groups (broad SMARTS) is 1. The van der Waals surface area contributed by atoms with Crippen LogP contribution in [0.3, 0.4) is 0 Å². The number of aryl methyl sites for hydroxylation is 1. The van der Waals surface area contributed by atoms with Crippen molar-refractivity contribution in [3.05, 3.63) is 47.5 Å². The molecule has 7 nitrogen and oxygen atoms in total. The average molecular weight is 431 g/mol. The van der Waals surface area contributed by atoms with Crippen LogP contribution in [0.25, 0.3) is 0 Å². The Labute approximate surface area is 176 Å². The molecule has 1 unspecified atom stereocenters. The Morgan fingerprint density at radius 1 is 1.13 bits per heavy atom. The molecule has 8 heteroatoms. The lowest BCUT2D eigenvalue weighted by molar-refractivity contribution is 0.0696. The van der Waals surface area contributed by atoms with Gasteiger partial charge in [-0.2, -0.15) is 0 Å². The molecule has 0 aromatic heterocycles. The molecule has 0 aliphatic carbocycles. The van der Waals surface area contributed by atoms with Crippen molar-refractivity contribution in [3.63, 3.8) is 0 Å². The summed E-state index contributed by atoms with van der Waals surface area (Å²) >= 11 is 0. The number of anilines is 2. The van der Waals surface area contributed by atoms with Gasteiger partial charge in [0.25, 0.3) is 10.0 Å². The monoisotopic (exact) mass is 430 g/mol. The van der Waals surface area contributed by atoms with Gasteiger partial charge in [-0.05, 0) is 74.9 Å². The molecule has 1 atom stereocenters. The predicted octanol–water partition coefficient (Wildman–Crippen LogP) is 4.03. The maximum Gasteiger partial charge on any atom is 0.335 e. The Morgan fingerprint density at radius 2 is 1.93 bits per heavy atom. The Morgan fingerprint density at radius 3 is 2.73 bits per heavy atom. The second kappa shape index (κ2) is 8.18. The Bertz CT molecular complexity index is 1070. The van der Waals surface area contributed by atoms with Crippen LogP contribution >= 0.6 is 0 Å². The van der Waals surface area contributed by atoms with Gasteiger partial charge in [-0.25, -0.2) is 13.2 Å². The molecule has 0 saturated carbocycles. The number of hydrogen-bond donors (Lipinski definition) is 2. The van der Waals surface area contributed by atoms with Gasteiger partial charge in [0.05, 0.1) is 23.5 Å². The van der Waals surface area contributed by atoms with Crippen molar-refractivity contribution in [1.29, 1.82) is 0 Å². The lowest BCUT2D eigenvalue weighted by Gasteiger charge is -2.39. The zero-order valence-corrected chi connectivity index (χ0v) is 17.7. The maximum atomic E-state index is 13.3. The summed E-state index contributed by atoms with van der Waals surface area (Å²) in [7, 11) is -4.06. The highest BCUT2D eigenvalue weighted by Gasteiger charge is 2.28. The number of aromatic carboxylic acids is 1. The lowest BCUT2D eigenvalue weighted by atomic mass is 9.96. The highest BCUT2D eigenvalue weighted by Crippen LogP contribution is 2.36. The Kier molecular flexibility index (Phi) is 5.60. The summed E-state index contributed by atoms with van der Waals surface area (Å²) < 4.78 is 35.1. The van der Waals surface area contributed by atoms with Crippen molar-refractivity contribution in [2.75, 3.05) is 22.8 Å². The molecule has 0 spiro atoms. The molecule has 0 bridgehead atoms. The van der Waals surface area contributed by atoms with Crippen molar-refractivity contribution in [3.8, 4) is 5.75 Å². The van der Waals surface area contributed by atoms with Crippen LogP contribution in [-0.4, -0.2) is 38.7 Å². The number of piperidine rings is 1. The van der Waals surface area contributed by atoms with Crippen molar-refractivity contribution < 1.29 is 23.1 Å². The van der Waals surface area contributed by atoms with Gasteiger partial charge in [-0.3, -0.25) is 4.72 Å². The topological polar surface area (TPSA) is 95.9 Å². The molecule has 2 heterocycles. The molecule has 2 N–H and O–H groups in total. The highest BCUT2D eigenvalue weighted by molar-refractivity contribution is 7.92. The van der Waals surface area contributed by atoms with Crippen molar-refractivity contribution >= 4 is 27.4 Å². The summed E-state index contributed by atoms with van der Waals surface area (Å²) in [5.41, 5.74) is 2.21. The van der Waals surface area contributed by atoms with Gasteiger partial charge in [0.15, 0.2) is 0 Å². The van der Waals surface area contributed by atoms with Crippen LogP contribution in [0.4, 0.5) is 11.4 Å². The fourth-order valence-electron chi connectivity index (χ4n) is 4.27. The molecule has 1 saturated heterocycles. The Hall–Kier alpha value is -2.74. The fourth-order valence-corrected chi connectivity index (χ4v) is 5.51. The zero-order valence-electron chi connectivity index (χ0n) is 16.9. The molecule has 4 rings (SSSR count). The number of nitrogens with zero attached hydrogens (tertiary/aromatic N) is 1. The van der Waals surface area contributed by atoms with Gasteiger partial charge in [-0.1, -0.05) is 6.07 Å². The quantitative estimate of drug-likeness (QED) is 0.709. The van der Waals surface area contributed by atoms with Crippen LogP contribution in [0, 0.1) is 6.92 Å². The molecule has 160 valence electrons. The third-order valence-electron chi connectivity index (χ3n) is 5.75. The molecule has 0 radical (unpaired) electrons. The van der Waals surface area contributed by atoms with E-state index in [2.05, 4.69) is 9.62 Å². The second-order valence-electron chi connectivity index (χ2n) is 7.93. The van der Waals surface area contributed by atoms with E-state index in [0.717, 1.165) is 56.0 Å². The van der Waals surface area contributed by atoms with E-state index >= 15 is 0 Å². The van der Waals surface area contributed by atoms with Crippen molar-refractivity contribution in [1.82, 2.24) is 0 Å².